The third-order valence-electron chi connectivity index (χ3n) is 1.71. The molecule has 0 atom stereocenters. The van der Waals surface area contributed by atoms with Crippen LogP contribution >= 0.6 is 0 Å². The summed E-state index contributed by atoms with van der Waals surface area (Å²) in [6.45, 7) is 3.89. The highest BCUT2D eigenvalue weighted by Crippen LogP contribution is 2.04. The van der Waals surface area contributed by atoms with E-state index in [0.717, 1.165) is 5.19 Å². The van der Waals surface area contributed by atoms with Crippen LogP contribution in [0.5, 0.6) is 0 Å². The standard InChI is InChI=1S/C8H12O3Si/c1-12(2,11-10-9)8-6-4-3-5-7-8/h3-7,9H,1-2H3. The summed E-state index contributed by atoms with van der Waals surface area (Å²) in [5.74, 6) is 0. The van der Waals surface area contributed by atoms with E-state index in [9.17, 15) is 0 Å². The van der Waals surface area contributed by atoms with Gasteiger partial charge in [0.25, 0.3) is 8.32 Å². The highest BCUT2D eigenvalue weighted by atomic mass is 28.4. The second kappa shape index (κ2) is 3.82. The van der Waals surface area contributed by atoms with Crippen LogP contribution in [0.3, 0.4) is 0 Å². The van der Waals surface area contributed by atoms with E-state index in [-0.39, 0.29) is 0 Å². The summed E-state index contributed by atoms with van der Waals surface area (Å²) in [6, 6.07) is 9.74. The Labute approximate surface area is 72.5 Å². The van der Waals surface area contributed by atoms with Gasteiger partial charge >= 0.3 is 0 Å². The lowest BCUT2D eigenvalue weighted by Crippen LogP contribution is -2.44. The zero-order valence-corrected chi connectivity index (χ0v) is 8.15. The summed E-state index contributed by atoms with van der Waals surface area (Å²) in [5, 5.41) is 13.0. The topological polar surface area (TPSA) is 38.7 Å². The molecule has 0 saturated heterocycles. The van der Waals surface area contributed by atoms with Crippen molar-refractivity contribution in [1.29, 1.82) is 0 Å². The lowest BCUT2D eigenvalue weighted by molar-refractivity contribution is -0.446. The monoisotopic (exact) mass is 184 g/mol. The van der Waals surface area contributed by atoms with Crippen molar-refractivity contribution in [3.05, 3.63) is 30.3 Å². The number of hydrogen-bond acceptors (Lipinski definition) is 3. The first-order valence-electron chi connectivity index (χ1n) is 3.71. The fourth-order valence-corrected chi connectivity index (χ4v) is 2.26. The number of benzene rings is 1. The molecule has 1 rings (SSSR count). The normalized spacial score (nSPS) is 11.6. The van der Waals surface area contributed by atoms with E-state index in [1.807, 2.05) is 43.4 Å². The van der Waals surface area contributed by atoms with Crippen LogP contribution in [0.1, 0.15) is 0 Å². The van der Waals surface area contributed by atoms with Crippen molar-refractivity contribution in [2.75, 3.05) is 0 Å². The van der Waals surface area contributed by atoms with Crippen molar-refractivity contribution < 1.29 is 14.9 Å². The molecule has 0 aliphatic carbocycles. The Kier molecular flexibility index (Phi) is 2.99. The lowest BCUT2D eigenvalue weighted by atomic mass is 10.4. The maximum atomic E-state index is 8.18. The molecule has 1 N–H and O–H groups in total. The van der Waals surface area contributed by atoms with E-state index in [2.05, 4.69) is 5.04 Å². The van der Waals surface area contributed by atoms with Crippen LogP contribution in [0.15, 0.2) is 30.3 Å². The molecule has 1 aromatic carbocycles. The molecule has 0 unspecified atom stereocenters. The second-order valence-electron chi connectivity index (χ2n) is 3.03. The second-order valence-corrected chi connectivity index (χ2v) is 6.80. The van der Waals surface area contributed by atoms with E-state index in [0.29, 0.717) is 0 Å². The van der Waals surface area contributed by atoms with Crippen LogP contribution in [-0.2, 0) is 9.61 Å². The van der Waals surface area contributed by atoms with Crippen LogP contribution in [0.4, 0.5) is 0 Å². The Hall–Kier alpha value is -0.683. The Bertz CT molecular complexity index is 235. The summed E-state index contributed by atoms with van der Waals surface area (Å²) < 4.78 is 4.81. The Morgan fingerprint density at radius 1 is 1.17 bits per heavy atom. The average molecular weight is 184 g/mol. The smallest absolute Gasteiger partial charge is 0.252 e. The van der Waals surface area contributed by atoms with Crippen molar-refractivity contribution >= 4 is 13.5 Å². The van der Waals surface area contributed by atoms with Crippen LogP contribution < -0.4 is 5.19 Å². The van der Waals surface area contributed by atoms with Gasteiger partial charge in [0.2, 0.25) is 0 Å². The molecular formula is C8H12O3Si. The molecule has 0 fully saturated rings. The number of hydrogen-bond donors (Lipinski definition) is 1. The first-order chi connectivity index (χ1) is 5.67. The minimum absolute atomic E-state index is 1.08. The average Bonchev–Trinajstić information content (AvgIpc) is 2.06. The lowest BCUT2D eigenvalue weighted by Gasteiger charge is -2.18. The molecular weight excluding hydrogens is 172 g/mol. The molecule has 3 nitrogen and oxygen atoms in total. The van der Waals surface area contributed by atoms with Crippen LogP contribution in [0.25, 0.3) is 0 Å². The Morgan fingerprint density at radius 2 is 1.75 bits per heavy atom. The number of rotatable bonds is 3. The van der Waals surface area contributed by atoms with Gasteiger partial charge in [-0.3, -0.25) is 4.58 Å². The van der Waals surface area contributed by atoms with Gasteiger partial charge in [-0.15, -0.1) is 0 Å². The van der Waals surface area contributed by atoms with Gasteiger partial charge in [-0.2, -0.15) is 0 Å². The van der Waals surface area contributed by atoms with Crippen molar-refractivity contribution in [3.63, 3.8) is 0 Å². The Balaban J connectivity index is 2.82. The molecule has 1 aromatic rings. The maximum Gasteiger partial charge on any atom is 0.267 e. The van der Waals surface area contributed by atoms with Gasteiger partial charge in [0.1, 0.15) is 0 Å². The summed E-state index contributed by atoms with van der Waals surface area (Å²) in [7, 11) is -2.05. The van der Waals surface area contributed by atoms with E-state index in [4.69, 9.17) is 9.83 Å². The first kappa shape index (κ1) is 9.41. The molecule has 0 aliphatic heterocycles. The largest absolute Gasteiger partial charge is 0.267 e. The molecule has 0 heterocycles. The van der Waals surface area contributed by atoms with Crippen molar-refractivity contribution in [2.45, 2.75) is 13.1 Å². The Morgan fingerprint density at radius 3 is 2.25 bits per heavy atom. The third-order valence-corrected chi connectivity index (χ3v) is 3.93. The predicted molar refractivity (Wildman–Crippen MR) is 48.4 cm³/mol. The molecule has 12 heavy (non-hydrogen) atoms. The van der Waals surface area contributed by atoms with E-state index >= 15 is 0 Å². The summed E-state index contributed by atoms with van der Waals surface area (Å²) in [4.78, 5) is 0. The first-order valence-corrected chi connectivity index (χ1v) is 6.62. The fourth-order valence-electron chi connectivity index (χ4n) is 0.981. The zero-order valence-electron chi connectivity index (χ0n) is 7.15. The van der Waals surface area contributed by atoms with Crippen LogP contribution in [0, 0.1) is 0 Å². The van der Waals surface area contributed by atoms with Crippen molar-refractivity contribution in [1.82, 2.24) is 0 Å². The minimum Gasteiger partial charge on any atom is -0.252 e. The summed E-state index contributed by atoms with van der Waals surface area (Å²) in [5.41, 5.74) is 0. The molecule has 0 aliphatic rings. The molecule has 0 aromatic heterocycles. The summed E-state index contributed by atoms with van der Waals surface area (Å²) >= 11 is 0. The molecule has 0 spiro atoms. The highest BCUT2D eigenvalue weighted by Gasteiger charge is 2.27. The van der Waals surface area contributed by atoms with Gasteiger partial charge in [-0.1, -0.05) is 35.4 Å². The molecule has 0 bridgehead atoms. The maximum absolute atomic E-state index is 8.18. The third kappa shape index (κ3) is 2.15. The fraction of sp³-hybridized carbons (Fsp3) is 0.250. The van der Waals surface area contributed by atoms with E-state index < -0.39 is 8.32 Å². The predicted octanol–water partition coefficient (Wildman–Crippen LogP) is 1.52. The summed E-state index contributed by atoms with van der Waals surface area (Å²) in [6.07, 6.45) is 0. The van der Waals surface area contributed by atoms with Gasteiger partial charge in [0.15, 0.2) is 0 Å². The highest BCUT2D eigenvalue weighted by molar-refractivity contribution is 6.84. The van der Waals surface area contributed by atoms with Gasteiger partial charge in [-0.25, -0.2) is 5.26 Å². The minimum atomic E-state index is -2.05. The molecule has 4 heteroatoms. The molecule has 66 valence electrons. The molecule has 0 saturated carbocycles. The quantitative estimate of drug-likeness (QED) is 0.440. The van der Waals surface area contributed by atoms with E-state index in [1.54, 1.807) is 0 Å². The van der Waals surface area contributed by atoms with Gasteiger partial charge in [0, 0.05) is 0 Å². The molecule has 0 radical (unpaired) electrons. The van der Waals surface area contributed by atoms with Crippen LogP contribution in [0.2, 0.25) is 13.1 Å². The molecule has 0 amide bonds. The van der Waals surface area contributed by atoms with Gasteiger partial charge in [0.05, 0.1) is 0 Å². The van der Waals surface area contributed by atoms with E-state index in [1.165, 1.54) is 0 Å². The SMILES string of the molecule is C[Si](C)(OOO)c1ccccc1. The zero-order chi connectivity index (χ0) is 9.03. The van der Waals surface area contributed by atoms with Crippen molar-refractivity contribution in [3.8, 4) is 0 Å². The van der Waals surface area contributed by atoms with Gasteiger partial charge < -0.3 is 0 Å². The van der Waals surface area contributed by atoms with Crippen molar-refractivity contribution in [2.24, 2.45) is 0 Å². The van der Waals surface area contributed by atoms with Gasteiger partial charge in [-0.05, 0) is 18.3 Å². The van der Waals surface area contributed by atoms with Crippen LogP contribution in [-0.4, -0.2) is 13.6 Å².